The van der Waals surface area contributed by atoms with E-state index in [0.717, 1.165) is 4.57 Å². The molecule has 2 fully saturated rings. The van der Waals surface area contributed by atoms with Gasteiger partial charge in [-0.1, -0.05) is 77.8 Å². The van der Waals surface area contributed by atoms with Gasteiger partial charge in [-0.15, -0.1) is 0 Å². The van der Waals surface area contributed by atoms with Crippen LogP contribution in [0.4, 0.5) is 19.0 Å². The number of benzene rings is 3. The summed E-state index contributed by atoms with van der Waals surface area (Å²) in [5, 5.41) is 10.8. The molecule has 2 aromatic heterocycles. The molecule has 3 aliphatic rings. The highest BCUT2D eigenvalue weighted by Gasteiger charge is 2.68. The summed E-state index contributed by atoms with van der Waals surface area (Å²) in [5.41, 5.74) is 0.295. The Balaban J connectivity index is 1.33. The first-order valence-electron chi connectivity index (χ1n) is 17.1. The predicted octanol–water partition coefficient (Wildman–Crippen LogP) is 6.40. The zero-order valence-electron chi connectivity index (χ0n) is 29.1. The zero-order valence-corrected chi connectivity index (χ0v) is 30.6. The van der Waals surface area contributed by atoms with Crippen LogP contribution in [0.2, 0.25) is 10.0 Å². The van der Waals surface area contributed by atoms with Gasteiger partial charge in [-0.3, -0.25) is 15.0 Å². The van der Waals surface area contributed by atoms with Crippen LogP contribution in [0.15, 0.2) is 112 Å². The lowest BCUT2D eigenvalue weighted by molar-refractivity contribution is -0.139. The number of nitrogens with zero attached hydrogens (tertiary/aromatic N) is 5. The number of carbonyl (C=O) groups is 2. The van der Waals surface area contributed by atoms with E-state index in [0.29, 0.717) is 44.7 Å². The number of rotatable bonds is 7. The van der Waals surface area contributed by atoms with Crippen LogP contribution in [-0.4, -0.2) is 48.0 Å². The van der Waals surface area contributed by atoms with E-state index in [1.807, 2.05) is 0 Å². The van der Waals surface area contributed by atoms with Crippen LogP contribution in [0.25, 0.3) is 11.8 Å². The number of hydrogen-bond acceptors (Lipinski definition) is 8. The predicted molar refractivity (Wildman–Crippen MR) is 200 cm³/mol. The minimum Gasteiger partial charge on any atom is -0.504 e. The number of hydrogen-bond donors (Lipinski definition) is 2. The molecular weight excluding hydrogens is 776 g/mol. The molecule has 2 N–H and O–H groups in total. The van der Waals surface area contributed by atoms with Crippen molar-refractivity contribution in [3.63, 3.8) is 0 Å². The Kier molecular flexibility index (Phi) is 8.96. The van der Waals surface area contributed by atoms with Crippen molar-refractivity contribution in [3.8, 4) is 17.2 Å². The molecule has 1 saturated carbocycles. The van der Waals surface area contributed by atoms with Gasteiger partial charge in [0.2, 0.25) is 0 Å². The maximum Gasteiger partial charge on any atom is 0.417 e. The number of ether oxygens (including phenoxy) is 1. The van der Waals surface area contributed by atoms with E-state index in [4.69, 9.17) is 27.9 Å². The van der Waals surface area contributed by atoms with Gasteiger partial charge in [-0.05, 0) is 65.6 Å². The van der Waals surface area contributed by atoms with E-state index in [-0.39, 0.29) is 30.3 Å². The number of imide groups is 1. The van der Waals surface area contributed by atoms with Crippen LogP contribution in [0.5, 0.6) is 11.5 Å². The van der Waals surface area contributed by atoms with E-state index >= 15 is 4.79 Å². The fourth-order valence-electron chi connectivity index (χ4n) is 8.09. The third-order valence-corrected chi connectivity index (χ3v) is 11.1. The third kappa shape index (κ3) is 5.72. The number of phenols is 1. The van der Waals surface area contributed by atoms with Crippen LogP contribution in [0.1, 0.15) is 29.2 Å². The van der Waals surface area contributed by atoms with Crippen molar-refractivity contribution in [1.82, 2.24) is 23.9 Å². The lowest BCUT2D eigenvalue weighted by Gasteiger charge is -2.47. The van der Waals surface area contributed by atoms with Crippen molar-refractivity contribution in [2.24, 2.45) is 11.8 Å². The first-order valence-corrected chi connectivity index (χ1v) is 17.9. The molecule has 5 aromatic rings. The molecule has 1 saturated heterocycles. The number of aromatic nitrogens is 4. The van der Waals surface area contributed by atoms with Crippen molar-refractivity contribution in [2.75, 3.05) is 12.5 Å². The summed E-state index contributed by atoms with van der Waals surface area (Å²) < 4.78 is 49.4. The number of phenolic OH excluding ortho intramolecular Hbond substituents is 1. The Hall–Kier alpha value is -6.06. The van der Waals surface area contributed by atoms with Gasteiger partial charge < -0.3 is 9.84 Å². The largest absolute Gasteiger partial charge is 0.504 e. The summed E-state index contributed by atoms with van der Waals surface area (Å²) >= 11 is 12.6. The van der Waals surface area contributed by atoms with Gasteiger partial charge >= 0.3 is 17.6 Å². The second-order valence-corrected chi connectivity index (χ2v) is 14.3. The molecule has 2 aliphatic heterocycles. The Morgan fingerprint density at radius 1 is 0.982 bits per heavy atom. The van der Waals surface area contributed by atoms with Gasteiger partial charge in [0.25, 0.3) is 11.8 Å². The normalized spacial score (nSPS) is 21.8. The summed E-state index contributed by atoms with van der Waals surface area (Å²) in [6, 6.07) is 19.1. The standard InChI is InChI=1S/C39H29Cl2F3N6O6/c1-56-32-17-21(8-14-31(32)51)7-13-27-26-15-16-47-36(54)48(25-5-3-2-4-6-25)37(55)50(47)30(26)19-28-34(52)49(35(53)38(27,28)22-9-11-24(40)12-10-22)46-33-29(41)18-23(20-45-33)39(42,43)44/h2-15,17-18,20,27-28,30,51H,16,19H2,1H3,(H,45,46). The number of para-hydroxylation sites is 1. The molecule has 8 rings (SSSR count). The number of pyridine rings is 1. The SMILES string of the molecule is COc1cc(C=CC2C3=CCn4c(=O)n(-c5ccccc5)c(=O)n4C3CC3C(=O)N(Nc4ncc(C(F)(F)F)cc4Cl)C(=O)C23c2ccc(Cl)cc2)ccc1O. The minimum atomic E-state index is -4.76. The number of methoxy groups -OCH3 is 1. The van der Waals surface area contributed by atoms with Crippen molar-refractivity contribution in [2.45, 2.75) is 30.6 Å². The maximum absolute atomic E-state index is 15.2. The number of anilines is 1. The number of carbonyl (C=O) groups excluding carboxylic acids is 2. The molecule has 4 atom stereocenters. The van der Waals surface area contributed by atoms with Crippen molar-refractivity contribution in [1.29, 1.82) is 0 Å². The fraction of sp³-hybridized carbons (Fsp3) is 0.205. The molecule has 0 radical (unpaired) electrons. The number of aromatic hydroxyl groups is 1. The van der Waals surface area contributed by atoms with E-state index in [1.54, 1.807) is 85.0 Å². The third-order valence-electron chi connectivity index (χ3n) is 10.6. The molecule has 56 heavy (non-hydrogen) atoms. The molecule has 1 aliphatic carbocycles. The molecule has 4 heterocycles. The number of amides is 2. The van der Waals surface area contributed by atoms with E-state index in [2.05, 4.69) is 10.4 Å². The molecule has 17 heteroatoms. The van der Waals surface area contributed by atoms with Gasteiger partial charge in [-0.25, -0.2) is 28.5 Å². The topological polar surface area (TPSA) is 141 Å². The van der Waals surface area contributed by atoms with Crippen molar-refractivity contribution >= 4 is 46.9 Å². The Morgan fingerprint density at radius 2 is 1.71 bits per heavy atom. The van der Waals surface area contributed by atoms with Crippen molar-refractivity contribution < 1.29 is 32.6 Å². The number of nitrogens with one attached hydrogen (secondary N) is 1. The molecule has 0 bridgehead atoms. The molecule has 12 nitrogen and oxygen atoms in total. The van der Waals surface area contributed by atoms with E-state index < -0.39 is 63.2 Å². The van der Waals surface area contributed by atoms with Crippen LogP contribution in [0.3, 0.4) is 0 Å². The quantitative estimate of drug-likeness (QED) is 0.142. The summed E-state index contributed by atoms with van der Waals surface area (Å²) in [5.74, 6) is -4.07. The Labute approximate surface area is 325 Å². The highest BCUT2D eigenvalue weighted by molar-refractivity contribution is 6.33. The number of alkyl halides is 3. The van der Waals surface area contributed by atoms with Crippen LogP contribution >= 0.6 is 23.2 Å². The lowest BCUT2D eigenvalue weighted by atomic mass is 9.54. The average Bonchev–Trinajstić information content (AvgIpc) is 3.56. The number of fused-ring (bicyclic) bond motifs is 4. The van der Waals surface area contributed by atoms with Crippen LogP contribution in [0, 0.1) is 11.8 Å². The molecular formula is C39H29Cl2F3N6O6. The van der Waals surface area contributed by atoms with Crippen LogP contribution < -0.4 is 21.5 Å². The average molecular weight is 806 g/mol. The molecule has 3 aromatic carbocycles. The van der Waals surface area contributed by atoms with Gasteiger partial charge in [-0.2, -0.15) is 18.2 Å². The highest BCUT2D eigenvalue weighted by atomic mass is 35.5. The van der Waals surface area contributed by atoms with Gasteiger partial charge in [0, 0.05) is 17.1 Å². The fourth-order valence-corrected chi connectivity index (χ4v) is 8.43. The van der Waals surface area contributed by atoms with Crippen molar-refractivity contribution in [3.05, 3.63) is 150 Å². The first-order chi connectivity index (χ1) is 26.7. The number of hydrazine groups is 1. The van der Waals surface area contributed by atoms with E-state index in [1.165, 1.54) is 22.5 Å². The smallest absolute Gasteiger partial charge is 0.417 e. The monoisotopic (exact) mass is 804 g/mol. The summed E-state index contributed by atoms with van der Waals surface area (Å²) in [6.45, 7) is -0.0480. The molecule has 4 unspecified atom stereocenters. The molecule has 286 valence electrons. The molecule has 2 amide bonds. The first kappa shape index (κ1) is 36.9. The van der Waals surface area contributed by atoms with E-state index in [9.17, 15) is 32.7 Å². The number of allylic oxidation sites excluding steroid dienone is 3. The zero-order chi connectivity index (χ0) is 39.7. The second-order valence-electron chi connectivity index (χ2n) is 13.5. The summed E-state index contributed by atoms with van der Waals surface area (Å²) in [4.78, 5) is 61.9. The van der Waals surface area contributed by atoms with Gasteiger partial charge in [0.15, 0.2) is 17.3 Å². The highest BCUT2D eigenvalue weighted by Crippen LogP contribution is 2.59. The summed E-state index contributed by atoms with van der Waals surface area (Å²) in [6.07, 6.45) is 0.805. The van der Waals surface area contributed by atoms with Gasteiger partial charge in [0.1, 0.15) is 0 Å². The maximum atomic E-state index is 15.2. The second kappa shape index (κ2) is 13.6. The van der Waals surface area contributed by atoms with Gasteiger partial charge in [0.05, 0.1) is 47.3 Å². The summed E-state index contributed by atoms with van der Waals surface area (Å²) in [7, 11) is 1.39. The minimum absolute atomic E-state index is 0.0480. The Morgan fingerprint density at radius 3 is 2.39 bits per heavy atom. The van der Waals surface area contributed by atoms with Crippen LogP contribution in [-0.2, 0) is 27.7 Å². The number of halogens is 5. The lowest BCUT2D eigenvalue weighted by Crippen LogP contribution is -2.54. The molecule has 0 spiro atoms. The Bertz CT molecular complexity index is 2600.